The first-order valence-electron chi connectivity index (χ1n) is 6.40. The molecule has 0 unspecified atom stereocenters. The first-order chi connectivity index (χ1) is 8.95. The minimum Gasteiger partial charge on any atom is -0.359 e. The van der Waals surface area contributed by atoms with Crippen molar-refractivity contribution in [3.8, 4) is 0 Å². The highest BCUT2D eigenvalue weighted by Gasteiger charge is 2.19. The number of aromatic nitrogens is 1. The van der Waals surface area contributed by atoms with Crippen molar-refractivity contribution in [2.24, 2.45) is 5.73 Å². The monoisotopic (exact) mass is 321 g/mol. The molecule has 7 heteroatoms. The number of carbonyl (C=O) groups is 1. The fraction of sp³-hybridized carbons (Fsp3) is 0.692. The number of nitrogens with zero attached hydrogens (tertiary/aromatic N) is 2. The van der Waals surface area contributed by atoms with Crippen LogP contribution in [0.3, 0.4) is 0 Å². The van der Waals surface area contributed by atoms with Crippen molar-refractivity contribution in [2.45, 2.75) is 38.8 Å². The number of carbonyl (C=O) groups excluding carboxylic acids is 1. The molecule has 1 heterocycles. The highest BCUT2D eigenvalue weighted by molar-refractivity contribution is 7.98. The molecule has 116 valence electrons. The normalized spacial score (nSPS) is 12.1. The average molecular weight is 322 g/mol. The molecule has 0 spiro atoms. The summed E-state index contributed by atoms with van der Waals surface area (Å²) in [7, 11) is 1.73. The van der Waals surface area contributed by atoms with E-state index in [1.165, 1.54) is 0 Å². The molecule has 0 aliphatic carbocycles. The Labute approximate surface area is 131 Å². The van der Waals surface area contributed by atoms with Gasteiger partial charge < -0.3 is 15.2 Å². The molecule has 1 aromatic rings. The van der Waals surface area contributed by atoms with Crippen LogP contribution in [0.4, 0.5) is 0 Å². The van der Waals surface area contributed by atoms with Gasteiger partial charge in [0.25, 0.3) is 0 Å². The van der Waals surface area contributed by atoms with Crippen LogP contribution in [0.2, 0.25) is 0 Å². The van der Waals surface area contributed by atoms with Crippen LogP contribution in [0.25, 0.3) is 0 Å². The number of hydrogen-bond acceptors (Lipinski definition) is 5. The van der Waals surface area contributed by atoms with Crippen molar-refractivity contribution in [1.29, 1.82) is 0 Å². The van der Waals surface area contributed by atoms with E-state index in [9.17, 15) is 4.79 Å². The van der Waals surface area contributed by atoms with Crippen LogP contribution in [-0.2, 0) is 11.3 Å². The summed E-state index contributed by atoms with van der Waals surface area (Å²) < 4.78 is 5.22. The van der Waals surface area contributed by atoms with Gasteiger partial charge >= 0.3 is 0 Å². The molecule has 1 atom stereocenters. The van der Waals surface area contributed by atoms with Crippen LogP contribution in [-0.4, -0.2) is 41.1 Å². The van der Waals surface area contributed by atoms with E-state index in [0.717, 1.165) is 11.4 Å². The van der Waals surface area contributed by atoms with E-state index in [-0.39, 0.29) is 18.3 Å². The van der Waals surface area contributed by atoms with E-state index in [1.807, 2.05) is 12.3 Å². The second-order valence-corrected chi connectivity index (χ2v) is 5.94. The molecule has 0 saturated carbocycles. The minimum absolute atomic E-state index is 0. The lowest BCUT2D eigenvalue weighted by Gasteiger charge is -2.19. The maximum absolute atomic E-state index is 12.0. The lowest BCUT2D eigenvalue weighted by Crippen LogP contribution is -2.41. The van der Waals surface area contributed by atoms with Crippen molar-refractivity contribution in [2.75, 3.05) is 19.1 Å². The molecule has 0 aromatic carbocycles. The molecule has 1 rings (SSSR count). The van der Waals surface area contributed by atoms with Gasteiger partial charge in [-0.2, -0.15) is 11.8 Å². The second-order valence-electron chi connectivity index (χ2n) is 4.96. The Hall–Kier alpha value is -0.720. The maximum Gasteiger partial charge on any atom is 0.239 e. The van der Waals surface area contributed by atoms with Crippen LogP contribution in [0.15, 0.2) is 10.6 Å². The average Bonchev–Trinajstić information content (AvgIpc) is 2.83. The van der Waals surface area contributed by atoms with E-state index in [1.54, 1.807) is 23.7 Å². The fourth-order valence-electron chi connectivity index (χ4n) is 1.64. The molecule has 1 aromatic heterocycles. The maximum atomic E-state index is 12.0. The van der Waals surface area contributed by atoms with E-state index in [0.29, 0.717) is 24.6 Å². The Bertz CT molecular complexity index is 412. The van der Waals surface area contributed by atoms with Gasteiger partial charge in [-0.05, 0) is 24.3 Å². The lowest BCUT2D eigenvalue weighted by atomic mass is 10.1. The molecule has 0 saturated heterocycles. The van der Waals surface area contributed by atoms with Crippen LogP contribution in [0.5, 0.6) is 0 Å². The summed E-state index contributed by atoms with van der Waals surface area (Å²) in [5.41, 5.74) is 6.77. The second kappa shape index (κ2) is 9.26. The highest BCUT2D eigenvalue weighted by atomic mass is 35.5. The molecule has 0 bridgehead atoms. The van der Waals surface area contributed by atoms with Crippen molar-refractivity contribution >= 4 is 30.1 Å². The highest BCUT2D eigenvalue weighted by Crippen LogP contribution is 2.15. The summed E-state index contributed by atoms with van der Waals surface area (Å²) in [6, 6.07) is 1.45. The van der Waals surface area contributed by atoms with Gasteiger partial charge in [-0.1, -0.05) is 19.0 Å². The van der Waals surface area contributed by atoms with Gasteiger partial charge in [0.1, 0.15) is 0 Å². The predicted octanol–water partition coefficient (Wildman–Crippen LogP) is 2.26. The molecule has 0 aliphatic heterocycles. The first kappa shape index (κ1) is 19.3. The van der Waals surface area contributed by atoms with E-state index in [4.69, 9.17) is 10.3 Å². The summed E-state index contributed by atoms with van der Waals surface area (Å²) in [6.07, 6.45) is 2.70. The van der Waals surface area contributed by atoms with Gasteiger partial charge in [0.05, 0.1) is 18.3 Å². The van der Waals surface area contributed by atoms with Gasteiger partial charge in [-0.3, -0.25) is 4.79 Å². The number of amides is 1. The smallest absolute Gasteiger partial charge is 0.239 e. The Balaban J connectivity index is 0.00000361. The molecule has 20 heavy (non-hydrogen) atoms. The van der Waals surface area contributed by atoms with Crippen molar-refractivity contribution in [1.82, 2.24) is 10.1 Å². The number of nitrogens with two attached hydrogens (primary N) is 1. The summed E-state index contributed by atoms with van der Waals surface area (Å²) >= 11 is 1.69. The van der Waals surface area contributed by atoms with Gasteiger partial charge in [0.15, 0.2) is 5.76 Å². The summed E-state index contributed by atoms with van der Waals surface area (Å²) in [4.78, 5) is 13.6. The van der Waals surface area contributed by atoms with Gasteiger partial charge in [0.2, 0.25) is 5.91 Å². The Morgan fingerprint density at radius 2 is 2.20 bits per heavy atom. The standard InChI is InChI=1S/C13H23N3O2S.ClH/c1-9(2)12-7-10(18-15-12)8-16(3)13(17)11(14)5-6-19-4;/h7,9,11H,5-6,8,14H2,1-4H3;1H/t11-;/m0./s1. The number of hydrogen-bond donors (Lipinski definition) is 1. The lowest BCUT2D eigenvalue weighted by molar-refractivity contribution is -0.132. The molecule has 1 amide bonds. The Morgan fingerprint density at radius 3 is 2.70 bits per heavy atom. The summed E-state index contributed by atoms with van der Waals surface area (Å²) in [5, 5.41) is 3.97. The van der Waals surface area contributed by atoms with Gasteiger partial charge in [-0.15, -0.1) is 12.4 Å². The number of thioether (sulfide) groups is 1. The molecule has 0 aliphatic rings. The predicted molar refractivity (Wildman–Crippen MR) is 85.3 cm³/mol. The van der Waals surface area contributed by atoms with Crippen LogP contribution >= 0.6 is 24.2 Å². The third-order valence-electron chi connectivity index (χ3n) is 2.89. The van der Waals surface area contributed by atoms with Crippen LogP contribution < -0.4 is 5.73 Å². The molecule has 2 N–H and O–H groups in total. The van der Waals surface area contributed by atoms with Gasteiger partial charge in [-0.25, -0.2) is 0 Å². The van der Waals surface area contributed by atoms with E-state index < -0.39 is 6.04 Å². The van der Waals surface area contributed by atoms with Crippen molar-refractivity contribution in [3.05, 3.63) is 17.5 Å². The van der Waals surface area contributed by atoms with Crippen LogP contribution in [0.1, 0.15) is 37.6 Å². The van der Waals surface area contributed by atoms with Crippen molar-refractivity contribution in [3.63, 3.8) is 0 Å². The minimum atomic E-state index is -0.440. The first-order valence-corrected chi connectivity index (χ1v) is 7.80. The molecular formula is C13H24ClN3O2S. The van der Waals surface area contributed by atoms with Crippen LogP contribution in [0, 0.1) is 0 Å². The number of halogens is 1. The zero-order chi connectivity index (χ0) is 14.4. The van der Waals surface area contributed by atoms with Crippen molar-refractivity contribution < 1.29 is 9.32 Å². The SMILES string of the molecule is CSCC[C@H](N)C(=O)N(C)Cc1cc(C(C)C)no1.Cl. The Kier molecular flexibility index (Phi) is 8.93. The topological polar surface area (TPSA) is 72.4 Å². The molecule has 0 radical (unpaired) electrons. The summed E-state index contributed by atoms with van der Waals surface area (Å²) in [6.45, 7) is 4.51. The fourth-order valence-corrected chi connectivity index (χ4v) is 2.13. The quantitative estimate of drug-likeness (QED) is 0.834. The van der Waals surface area contributed by atoms with E-state index >= 15 is 0 Å². The molecule has 0 fully saturated rings. The summed E-state index contributed by atoms with van der Waals surface area (Å²) in [5.74, 6) is 1.84. The third kappa shape index (κ3) is 5.73. The molecular weight excluding hydrogens is 298 g/mol. The Morgan fingerprint density at radius 1 is 1.55 bits per heavy atom. The largest absolute Gasteiger partial charge is 0.359 e. The zero-order valence-corrected chi connectivity index (χ0v) is 14.1. The zero-order valence-electron chi connectivity index (χ0n) is 12.5. The van der Waals surface area contributed by atoms with Gasteiger partial charge in [0, 0.05) is 13.1 Å². The third-order valence-corrected chi connectivity index (χ3v) is 3.53. The number of likely N-dealkylation sites (N-methyl/N-ethyl adjacent to an activating group) is 1. The molecule has 5 nitrogen and oxygen atoms in total. The van der Waals surface area contributed by atoms with E-state index in [2.05, 4.69) is 19.0 Å². The number of rotatable bonds is 7.